The van der Waals surface area contributed by atoms with Crippen LogP contribution in [0, 0.1) is 5.82 Å². The SMILES string of the molecule is COCCCN(CC(=O)N1CCN(c2ccccc2F)CC1)S(C)(=O)=O. The fraction of sp³-hybridized carbons (Fsp3) is 0.588. The lowest BCUT2D eigenvalue weighted by atomic mass is 10.2. The van der Waals surface area contributed by atoms with Gasteiger partial charge in [-0.1, -0.05) is 12.1 Å². The first-order valence-electron chi connectivity index (χ1n) is 8.54. The number of para-hydroxylation sites is 1. The number of carbonyl (C=O) groups excluding carboxylic acids is 1. The summed E-state index contributed by atoms with van der Waals surface area (Å²) in [7, 11) is -1.92. The van der Waals surface area contributed by atoms with Crippen molar-refractivity contribution in [3.05, 3.63) is 30.1 Å². The minimum absolute atomic E-state index is 0.178. The summed E-state index contributed by atoms with van der Waals surface area (Å²) in [6, 6.07) is 6.55. The van der Waals surface area contributed by atoms with Crippen molar-refractivity contribution in [2.24, 2.45) is 0 Å². The van der Waals surface area contributed by atoms with Gasteiger partial charge < -0.3 is 14.5 Å². The highest BCUT2D eigenvalue weighted by Crippen LogP contribution is 2.20. The number of ether oxygens (including phenoxy) is 1. The molecule has 1 aromatic rings. The molecule has 1 heterocycles. The standard InChI is InChI=1S/C17H26FN3O4S/c1-25-13-5-8-21(26(2,23)24)14-17(22)20-11-9-19(10-12-20)16-7-4-3-6-15(16)18/h3-4,6-7H,5,8-14H2,1-2H3. The van der Waals surface area contributed by atoms with E-state index in [2.05, 4.69) is 0 Å². The number of sulfonamides is 1. The predicted molar refractivity (Wildman–Crippen MR) is 98.1 cm³/mol. The average Bonchev–Trinajstić information content (AvgIpc) is 2.60. The highest BCUT2D eigenvalue weighted by Gasteiger charge is 2.26. The first-order chi connectivity index (χ1) is 12.3. The maximum atomic E-state index is 13.9. The van der Waals surface area contributed by atoms with Crippen LogP contribution in [-0.2, 0) is 19.6 Å². The minimum atomic E-state index is -3.47. The van der Waals surface area contributed by atoms with Crippen LogP contribution in [0.2, 0.25) is 0 Å². The summed E-state index contributed by atoms with van der Waals surface area (Å²) in [5.74, 6) is -0.519. The number of nitrogens with zero attached hydrogens (tertiary/aromatic N) is 3. The summed E-state index contributed by atoms with van der Waals surface area (Å²) >= 11 is 0. The Morgan fingerprint density at radius 1 is 1.23 bits per heavy atom. The van der Waals surface area contributed by atoms with E-state index in [4.69, 9.17) is 4.74 Å². The van der Waals surface area contributed by atoms with Crippen molar-refractivity contribution in [1.29, 1.82) is 0 Å². The molecular formula is C17H26FN3O4S. The fourth-order valence-electron chi connectivity index (χ4n) is 2.90. The lowest BCUT2D eigenvalue weighted by Crippen LogP contribution is -2.52. The summed E-state index contributed by atoms with van der Waals surface area (Å²) in [6.07, 6.45) is 1.63. The van der Waals surface area contributed by atoms with Crippen LogP contribution in [0.4, 0.5) is 10.1 Å². The third-order valence-corrected chi connectivity index (χ3v) is 5.61. The highest BCUT2D eigenvalue weighted by atomic mass is 32.2. The van der Waals surface area contributed by atoms with Gasteiger partial charge in [-0.3, -0.25) is 4.79 Å². The van der Waals surface area contributed by atoms with Gasteiger partial charge in [0.05, 0.1) is 18.5 Å². The Bertz CT molecular complexity index is 706. The zero-order valence-electron chi connectivity index (χ0n) is 15.2. The van der Waals surface area contributed by atoms with E-state index >= 15 is 0 Å². The van der Waals surface area contributed by atoms with Crippen LogP contribution in [0.1, 0.15) is 6.42 Å². The van der Waals surface area contributed by atoms with Gasteiger partial charge >= 0.3 is 0 Å². The quantitative estimate of drug-likeness (QED) is 0.617. The van der Waals surface area contributed by atoms with E-state index in [-0.39, 0.29) is 24.8 Å². The van der Waals surface area contributed by atoms with E-state index in [0.717, 1.165) is 6.26 Å². The number of hydrogen-bond acceptors (Lipinski definition) is 5. The van der Waals surface area contributed by atoms with Crippen LogP contribution < -0.4 is 4.90 Å². The van der Waals surface area contributed by atoms with Gasteiger partial charge in [-0.25, -0.2) is 12.8 Å². The number of hydrogen-bond donors (Lipinski definition) is 0. The molecule has 0 atom stereocenters. The lowest BCUT2D eigenvalue weighted by molar-refractivity contribution is -0.131. The molecule has 1 aliphatic heterocycles. The Morgan fingerprint density at radius 3 is 2.46 bits per heavy atom. The van der Waals surface area contributed by atoms with E-state index in [0.29, 0.717) is 44.9 Å². The van der Waals surface area contributed by atoms with Gasteiger partial charge in [0, 0.05) is 46.4 Å². The van der Waals surface area contributed by atoms with Gasteiger partial charge in [-0.05, 0) is 18.6 Å². The Hall–Kier alpha value is -1.71. The number of methoxy groups -OCH3 is 1. The molecule has 1 aliphatic rings. The molecule has 0 N–H and O–H groups in total. The molecule has 7 nitrogen and oxygen atoms in total. The molecule has 1 saturated heterocycles. The third-order valence-electron chi connectivity index (χ3n) is 4.36. The smallest absolute Gasteiger partial charge is 0.238 e. The Labute approximate surface area is 154 Å². The monoisotopic (exact) mass is 387 g/mol. The van der Waals surface area contributed by atoms with Crippen molar-refractivity contribution in [1.82, 2.24) is 9.21 Å². The first kappa shape index (κ1) is 20.6. The number of amides is 1. The predicted octanol–water partition coefficient (Wildman–Crippen LogP) is 0.772. The second kappa shape index (κ2) is 9.29. The van der Waals surface area contributed by atoms with Crippen LogP contribution >= 0.6 is 0 Å². The number of benzene rings is 1. The van der Waals surface area contributed by atoms with Crippen LogP contribution in [0.15, 0.2) is 24.3 Å². The summed E-state index contributed by atoms with van der Waals surface area (Å²) in [4.78, 5) is 16.0. The number of rotatable bonds is 8. The van der Waals surface area contributed by atoms with Crippen molar-refractivity contribution in [2.75, 3.05) is 64.1 Å². The molecule has 1 amide bonds. The van der Waals surface area contributed by atoms with Crippen LogP contribution in [0.3, 0.4) is 0 Å². The summed E-state index contributed by atoms with van der Waals surface area (Å²) < 4.78 is 43.8. The fourth-order valence-corrected chi connectivity index (χ4v) is 3.71. The Kier molecular flexibility index (Phi) is 7.36. The maximum Gasteiger partial charge on any atom is 0.238 e. The van der Waals surface area contributed by atoms with Crippen LogP contribution in [0.25, 0.3) is 0 Å². The van der Waals surface area contributed by atoms with E-state index < -0.39 is 10.0 Å². The zero-order valence-corrected chi connectivity index (χ0v) is 16.0. The Balaban J connectivity index is 1.91. The van der Waals surface area contributed by atoms with Crippen molar-refractivity contribution in [3.8, 4) is 0 Å². The molecule has 9 heteroatoms. The van der Waals surface area contributed by atoms with Crippen molar-refractivity contribution in [2.45, 2.75) is 6.42 Å². The van der Waals surface area contributed by atoms with Gasteiger partial charge in [0.1, 0.15) is 5.82 Å². The number of piperazine rings is 1. The molecule has 0 radical (unpaired) electrons. The molecule has 0 aliphatic carbocycles. The largest absolute Gasteiger partial charge is 0.385 e. The van der Waals surface area contributed by atoms with Crippen LogP contribution in [0.5, 0.6) is 0 Å². The lowest BCUT2D eigenvalue weighted by Gasteiger charge is -2.37. The maximum absolute atomic E-state index is 13.9. The van der Waals surface area contributed by atoms with Gasteiger partial charge in [0.15, 0.2) is 0 Å². The van der Waals surface area contributed by atoms with Gasteiger partial charge in [-0.15, -0.1) is 0 Å². The van der Waals surface area contributed by atoms with Gasteiger partial charge in [0.2, 0.25) is 15.9 Å². The third kappa shape index (κ3) is 5.65. The van der Waals surface area contributed by atoms with Gasteiger partial charge in [-0.2, -0.15) is 4.31 Å². The molecular weight excluding hydrogens is 361 g/mol. The molecule has 0 saturated carbocycles. The van der Waals surface area contributed by atoms with E-state index in [9.17, 15) is 17.6 Å². The average molecular weight is 387 g/mol. The van der Waals surface area contributed by atoms with Gasteiger partial charge in [0.25, 0.3) is 0 Å². The summed E-state index contributed by atoms with van der Waals surface area (Å²) in [5.41, 5.74) is 0.525. The number of carbonyl (C=O) groups is 1. The van der Waals surface area contributed by atoms with Crippen LogP contribution in [-0.4, -0.2) is 82.8 Å². The van der Waals surface area contributed by atoms with Crippen molar-refractivity contribution < 1.29 is 22.3 Å². The Morgan fingerprint density at radius 2 is 1.88 bits per heavy atom. The van der Waals surface area contributed by atoms with E-state index in [1.165, 1.54) is 10.4 Å². The molecule has 0 spiro atoms. The first-order valence-corrected chi connectivity index (χ1v) is 10.4. The van der Waals surface area contributed by atoms with Crippen molar-refractivity contribution in [3.63, 3.8) is 0 Å². The summed E-state index contributed by atoms with van der Waals surface area (Å²) in [6.45, 7) is 2.38. The topological polar surface area (TPSA) is 70.2 Å². The minimum Gasteiger partial charge on any atom is -0.385 e. The molecule has 2 rings (SSSR count). The number of anilines is 1. The normalized spacial score (nSPS) is 15.5. The molecule has 1 aromatic carbocycles. The molecule has 0 aromatic heterocycles. The molecule has 0 bridgehead atoms. The number of halogens is 1. The van der Waals surface area contributed by atoms with E-state index in [1.807, 2.05) is 4.90 Å². The molecule has 146 valence electrons. The summed E-state index contributed by atoms with van der Waals surface area (Å²) in [5, 5.41) is 0. The second-order valence-electron chi connectivity index (χ2n) is 6.26. The van der Waals surface area contributed by atoms with Crippen molar-refractivity contribution >= 4 is 21.6 Å². The molecule has 1 fully saturated rings. The van der Waals surface area contributed by atoms with E-state index in [1.54, 1.807) is 30.2 Å². The molecule has 0 unspecified atom stereocenters. The second-order valence-corrected chi connectivity index (χ2v) is 8.24. The zero-order chi connectivity index (χ0) is 19.2. The molecule has 26 heavy (non-hydrogen) atoms. The highest BCUT2D eigenvalue weighted by molar-refractivity contribution is 7.88.